The second-order valence-corrected chi connectivity index (χ2v) is 10.6. The third-order valence-electron chi connectivity index (χ3n) is 5.96. The highest BCUT2D eigenvalue weighted by atomic mass is 32.2. The number of hydrogen-bond acceptors (Lipinski definition) is 7. The number of aromatic nitrogens is 2. The first-order valence-corrected chi connectivity index (χ1v) is 12.2. The number of aryl methyl sites for hydroxylation is 1. The summed E-state index contributed by atoms with van der Waals surface area (Å²) < 4.78 is 2.00. The highest BCUT2D eigenvalue weighted by Crippen LogP contribution is 2.34. The Morgan fingerprint density at radius 1 is 1.33 bits per heavy atom. The first-order chi connectivity index (χ1) is 15.7. The number of nitrogens with zero attached hydrogens (tertiary/aromatic N) is 4. The van der Waals surface area contributed by atoms with Gasteiger partial charge in [0, 0.05) is 31.7 Å². The van der Waals surface area contributed by atoms with Crippen molar-refractivity contribution >= 4 is 57.7 Å². The van der Waals surface area contributed by atoms with Crippen molar-refractivity contribution in [1.82, 2.24) is 14.3 Å². The molecule has 0 saturated carbocycles. The molecule has 2 amide bonds. The normalized spacial score (nSPS) is 18.8. The maximum Gasteiger partial charge on any atom is 0.267 e. The summed E-state index contributed by atoms with van der Waals surface area (Å²) in [7, 11) is 0. The molecule has 0 unspecified atom stereocenters. The van der Waals surface area contributed by atoms with E-state index in [0.29, 0.717) is 58.7 Å². The van der Waals surface area contributed by atoms with Crippen molar-refractivity contribution in [3.8, 4) is 0 Å². The van der Waals surface area contributed by atoms with E-state index in [2.05, 4.69) is 0 Å². The molecule has 33 heavy (non-hydrogen) atoms. The van der Waals surface area contributed by atoms with Gasteiger partial charge in [-0.2, -0.15) is 0 Å². The summed E-state index contributed by atoms with van der Waals surface area (Å²) in [6, 6.07) is 3.71. The number of amides is 2. The van der Waals surface area contributed by atoms with E-state index < -0.39 is 0 Å². The molecule has 2 saturated heterocycles. The molecule has 0 aliphatic carbocycles. The molecule has 0 bridgehead atoms. The van der Waals surface area contributed by atoms with Crippen LogP contribution in [0.5, 0.6) is 0 Å². The molecule has 2 aromatic heterocycles. The summed E-state index contributed by atoms with van der Waals surface area (Å²) in [6.45, 7) is 7.59. The third kappa shape index (κ3) is 4.54. The Morgan fingerprint density at radius 3 is 2.67 bits per heavy atom. The maximum atomic E-state index is 13.6. The van der Waals surface area contributed by atoms with Crippen molar-refractivity contribution in [3.63, 3.8) is 0 Å². The lowest BCUT2D eigenvalue weighted by Crippen LogP contribution is -2.40. The van der Waals surface area contributed by atoms with Crippen molar-refractivity contribution in [1.29, 1.82) is 0 Å². The number of hydrogen-bond donors (Lipinski definition) is 1. The molecular formula is C23H27N5O3S2. The Morgan fingerprint density at radius 2 is 2.03 bits per heavy atom. The average Bonchev–Trinajstić information content (AvgIpc) is 3.03. The summed E-state index contributed by atoms with van der Waals surface area (Å²) in [5.74, 6) is 0.119. The van der Waals surface area contributed by atoms with E-state index >= 15 is 0 Å². The molecule has 174 valence electrons. The van der Waals surface area contributed by atoms with E-state index in [1.807, 2.05) is 31.7 Å². The van der Waals surface area contributed by atoms with Crippen LogP contribution < -0.4 is 16.2 Å². The zero-order valence-electron chi connectivity index (χ0n) is 18.9. The van der Waals surface area contributed by atoms with Gasteiger partial charge in [-0.05, 0) is 43.4 Å². The minimum atomic E-state index is -0.300. The van der Waals surface area contributed by atoms with Crippen LogP contribution in [0.2, 0.25) is 0 Å². The van der Waals surface area contributed by atoms with Crippen LogP contribution in [0.1, 0.15) is 37.8 Å². The molecule has 10 heteroatoms. The van der Waals surface area contributed by atoms with Crippen LogP contribution in [-0.2, 0) is 9.59 Å². The van der Waals surface area contributed by atoms with Gasteiger partial charge in [-0.15, -0.1) is 0 Å². The summed E-state index contributed by atoms with van der Waals surface area (Å²) in [5, 5.41) is 0. The monoisotopic (exact) mass is 485 g/mol. The number of carbonyl (C=O) groups is 2. The first-order valence-electron chi connectivity index (χ1n) is 11.0. The van der Waals surface area contributed by atoms with E-state index in [4.69, 9.17) is 22.9 Å². The van der Waals surface area contributed by atoms with Crippen LogP contribution in [0.4, 0.5) is 5.82 Å². The van der Waals surface area contributed by atoms with Gasteiger partial charge in [-0.3, -0.25) is 23.7 Å². The van der Waals surface area contributed by atoms with Crippen molar-refractivity contribution in [3.05, 3.63) is 44.7 Å². The number of thioether (sulfide) groups is 1. The number of rotatable bonds is 5. The Hall–Kier alpha value is -2.72. The minimum absolute atomic E-state index is 0.180. The van der Waals surface area contributed by atoms with E-state index in [1.165, 1.54) is 16.2 Å². The molecule has 0 spiro atoms. The Labute approximate surface area is 201 Å². The van der Waals surface area contributed by atoms with Crippen LogP contribution in [0.15, 0.2) is 28.0 Å². The van der Waals surface area contributed by atoms with E-state index in [9.17, 15) is 14.4 Å². The molecule has 0 atom stereocenters. The van der Waals surface area contributed by atoms with Gasteiger partial charge >= 0.3 is 0 Å². The summed E-state index contributed by atoms with van der Waals surface area (Å²) in [5.41, 5.74) is 7.03. The van der Waals surface area contributed by atoms with Gasteiger partial charge in [-0.1, -0.05) is 43.9 Å². The summed E-state index contributed by atoms with van der Waals surface area (Å²) in [4.78, 5) is 47.1. The van der Waals surface area contributed by atoms with Crippen molar-refractivity contribution in [2.45, 2.75) is 33.6 Å². The van der Waals surface area contributed by atoms with Crippen molar-refractivity contribution in [2.75, 3.05) is 24.5 Å². The average molecular weight is 486 g/mol. The fraction of sp³-hybridized carbons (Fsp3) is 0.435. The topological polar surface area (TPSA) is 101 Å². The molecule has 0 radical (unpaired) electrons. The first kappa shape index (κ1) is 23.4. The summed E-state index contributed by atoms with van der Waals surface area (Å²) in [6.07, 6.45) is 4.50. The van der Waals surface area contributed by atoms with Gasteiger partial charge in [0.1, 0.15) is 15.8 Å². The Bertz CT molecular complexity index is 1230. The van der Waals surface area contributed by atoms with E-state index in [-0.39, 0.29) is 29.2 Å². The lowest BCUT2D eigenvalue weighted by atomic mass is 9.96. The zero-order chi connectivity index (χ0) is 23.9. The SMILES string of the molecule is Cc1cccn2c(=O)c(/C=C3/SC(=S)N(CC(C)C)C3=O)c(N3CCC(C(N)=O)CC3)nc12. The number of anilines is 1. The number of thiocarbonyl (C=S) groups is 1. The maximum absolute atomic E-state index is 13.6. The van der Waals surface area contributed by atoms with Gasteiger partial charge < -0.3 is 10.6 Å². The molecule has 8 nitrogen and oxygen atoms in total. The number of primary amides is 1. The van der Waals surface area contributed by atoms with Gasteiger partial charge in [0.05, 0.1) is 10.5 Å². The van der Waals surface area contributed by atoms with Gasteiger partial charge in [-0.25, -0.2) is 4.98 Å². The molecule has 4 rings (SSSR count). The molecule has 2 fully saturated rings. The molecule has 2 aliphatic rings. The van der Waals surface area contributed by atoms with Crippen LogP contribution in [0.3, 0.4) is 0 Å². The number of fused-ring (bicyclic) bond motifs is 1. The Kier molecular flexibility index (Phi) is 6.58. The van der Waals surface area contributed by atoms with Crippen LogP contribution in [0, 0.1) is 18.8 Å². The van der Waals surface area contributed by atoms with E-state index in [1.54, 1.807) is 23.2 Å². The van der Waals surface area contributed by atoms with Gasteiger partial charge in [0.15, 0.2) is 0 Å². The minimum Gasteiger partial charge on any atom is -0.369 e. The zero-order valence-corrected chi connectivity index (χ0v) is 20.5. The molecule has 4 heterocycles. The standard InChI is InChI=1S/C23H27N5O3S2/c1-13(2)12-28-22(31)17(33-23(28)32)11-16-20(26-9-6-15(7-10-26)18(24)29)25-19-14(3)5-4-8-27(19)21(16)30/h4-5,8,11,13,15H,6-7,9-10,12H2,1-3H3,(H2,24,29)/b17-11+. The third-order valence-corrected chi connectivity index (χ3v) is 7.34. The molecule has 2 aliphatic heterocycles. The number of carbonyl (C=O) groups excluding carboxylic acids is 2. The highest BCUT2D eigenvalue weighted by Gasteiger charge is 2.33. The molecule has 0 aromatic carbocycles. The quantitative estimate of drug-likeness (QED) is 0.513. The largest absolute Gasteiger partial charge is 0.369 e. The molecule has 2 N–H and O–H groups in total. The van der Waals surface area contributed by atoms with Crippen molar-refractivity contribution < 1.29 is 9.59 Å². The lowest BCUT2D eigenvalue weighted by Gasteiger charge is -2.32. The number of pyridine rings is 1. The lowest BCUT2D eigenvalue weighted by molar-refractivity contribution is -0.123. The molecular weight excluding hydrogens is 458 g/mol. The van der Waals surface area contributed by atoms with Gasteiger partial charge in [0.25, 0.3) is 11.5 Å². The predicted octanol–water partition coefficient (Wildman–Crippen LogP) is 2.56. The smallest absolute Gasteiger partial charge is 0.267 e. The second-order valence-electron chi connectivity index (χ2n) is 8.89. The van der Waals surface area contributed by atoms with E-state index in [0.717, 1.165) is 5.56 Å². The van der Waals surface area contributed by atoms with Gasteiger partial charge in [0.2, 0.25) is 5.91 Å². The second kappa shape index (κ2) is 9.26. The fourth-order valence-electron chi connectivity index (χ4n) is 4.20. The number of piperidine rings is 1. The summed E-state index contributed by atoms with van der Waals surface area (Å²) >= 11 is 6.63. The fourth-order valence-corrected chi connectivity index (χ4v) is 5.45. The predicted molar refractivity (Wildman–Crippen MR) is 135 cm³/mol. The van der Waals surface area contributed by atoms with Crippen LogP contribution >= 0.6 is 24.0 Å². The van der Waals surface area contributed by atoms with Crippen LogP contribution in [0.25, 0.3) is 11.7 Å². The van der Waals surface area contributed by atoms with Crippen molar-refractivity contribution in [2.24, 2.45) is 17.6 Å². The van der Waals surface area contributed by atoms with Crippen LogP contribution in [-0.4, -0.2) is 50.1 Å². The highest BCUT2D eigenvalue weighted by molar-refractivity contribution is 8.26. The Balaban J connectivity index is 1.81. The molecule has 2 aromatic rings. The number of nitrogens with two attached hydrogens (primary N) is 1.